The van der Waals surface area contributed by atoms with Crippen LogP contribution in [0.2, 0.25) is 5.02 Å². The van der Waals surface area contributed by atoms with Crippen molar-refractivity contribution in [3.05, 3.63) is 64.4 Å². The Morgan fingerprint density at radius 3 is 2.75 bits per heavy atom. The molecule has 124 valence electrons. The molecule has 1 atom stereocenters. The number of rotatable bonds is 4. The van der Waals surface area contributed by atoms with E-state index in [4.69, 9.17) is 16.9 Å². The Bertz CT molecular complexity index is 771. The zero-order valence-electron chi connectivity index (χ0n) is 13.5. The quantitative estimate of drug-likeness (QED) is 0.838. The third kappa shape index (κ3) is 3.53. The van der Waals surface area contributed by atoms with Gasteiger partial charge in [0, 0.05) is 30.4 Å². The average molecular weight is 344 g/mol. The highest BCUT2D eigenvalue weighted by atomic mass is 35.5. The number of benzene rings is 2. The van der Waals surface area contributed by atoms with E-state index in [0.717, 1.165) is 25.2 Å². The standard InChI is InChI=1S/C19H19ClFN3/c1-23-9-8-17(13-23)24(12-15-4-2-3-5-19(15)21)16-7-6-14(11-22)18(20)10-16/h2-7,10,17H,8-9,12-13H2,1H3. The first-order chi connectivity index (χ1) is 11.6. The van der Waals surface area contributed by atoms with Crippen molar-refractivity contribution in [3.63, 3.8) is 0 Å². The molecule has 0 aromatic heterocycles. The predicted molar refractivity (Wildman–Crippen MR) is 94.7 cm³/mol. The first-order valence-corrected chi connectivity index (χ1v) is 8.34. The van der Waals surface area contributed by atoms with Gasteiger partial charge in [-0.05, 0) is 44.3 Å². The van der Waals surface area contributed by atoms with Gasteiger partial charge in [-0.1, -0.05) is 29.8 Å². The highest BCUT2D eigenvalue weighted by molar-refractivity contribution is 6.32. The molecule has 1 unspecified atom stereocenters. The van der Waals surface area contributed by atoms with Gasteiger partial charge in [-0.3, -0.25) is 0 Å². The third-order valence-electron chi connectivity index (χ3n) is 4.51. The van der Waals surface area contributed by atoms with Gasteiger partial charge in [0.2, 0.25) is 0 Å². The van der Waals surface area contributed by atoms with Gasteiger partial charge in [0.05, 0.1) is 10.6 Å². The van der Waals surface area contributed by atoms with Crippen molar-refractivity contribution in [2.75, 3.05) is 25.0 Å². The Morgan fingerprint density at radius 2 is 2.12 bits per heavy atom. The molecule has 2 aromatic rings. The molecule has 0 bridgehead atoms. The van der Waals surface area contributed by atoms with Gasteiger partial charge >= 0.3 is 0 Å². The Kier molecular flexibility index (Phi) is 5.03. The maximum absolute atomic E-state index is 14.1. The zero-order valence-corrected chi connectivity index (χ0v) is 14.3. The van der Waals surface area contributed by atoms with E-state index in [1.54, 1.807) is 18.2 Å². The minimum atomic E-state index is -0.200. The smallest absolute Gasteiger partial charge is 0.128 e. The average Bonchev–Trinajstić information content (AvgIpc) is 3.00. The summed E-state index contributed by atoms with van der Waals surface area (Å²) >= 11 is 6.21. The third-order valence-corrected chi connectivity index (χ3v) is 4.82. The number of hydrogen-bond acceptors (Lipinski definition) is 3. The molecule has 3 nitrogen and oxygen atoms in total. The monoisotopic (exact) mass is 343 g/mol. The van der Waals surface area contributed by atoms with Gasteiger partial charge in [-0.15, -0.1) is 0 Å². The summed E-state index contributed by atoms with van der Waals surface area (Å²) < 4.78 is 14.1. The second-order valence-corrected chi connectivity index (χ2v) is 6.61. The summed E-state index contributed by atoms with van der Waals surface area (Å²) in [7, 11) is 2.09. The Morgan fingerprint density at radius 1 is 1.33 bits per heavy atom. The zero-order chi connectivity index (χ0) is 17.1. The van der Waals surface area contributed by atoms with Crippen LogP contribution in [0.15, 0.2) is 42.5 Å². The molecule has 0 saturated carbocycles. The van der Waals surface area contributed by atoms with Crippen molar-refractivity contribution in [2.45, 2.75) is 19.0 Å². The van der Waals surface area contributed by atoms with E-state index in [1.165, 1.54) is 6.07 Å². The SMILES string of the molecule is CN1CCC(N(Cc2ccccc2F)c2ccc(C#N)c(Cl)c2)C1. The summed E-state index contributed by atoms with van der Waals surface area (Å²) in [5.74, 6) is -0.200. The summed E-state index contributed by atoms with van der Waals surface area (Å²) in [6, 6.07) is 14.6. The van der Waals surface area contributed by atoms with E-state index >= 15 is 0 Å². The Balaban J connectivity index is 1.95. The van der Waals surface area contributed by atoms with Gasteiger partial charge < -0.3 is 9.80 Å². The molecule has 0 N–H and O–H groups in total. The van der Waals surface area contributed by atoms with E-state index < -0.39 is 0 Å². The van der Waals surface area contributed by atoms with E-state index in [1.807, 2.05) is 18.2 Å². The van der Waals surface area contributed by atoms with E-state index in [-0.39, 0.29) is 5.82 Å². The number of nitrogens with zero attached hydrogens (tertiary/aromatic N) is 3. The van der Waals surface area contributed by atoms with Crippen LogP contribution in [0, 0.1) is 17.1 Å². The second-order valence-electron chi connectivity index (χ2n) is 6.20. The summed E-state index contributed by atoms with van der Waals surface area (Å²) in [6.07, 6.45) is 1.02. The fourth-order valence-electron chi connectivity index (χ4n) is 3.18. The first-order valence-electron chi connectivity index (χ1n) is 7.96. The van der Waals surface area contributed by atoms with Gasteiger partial charge in [-0.2, -0.15) is 5.26 Å². The molecule has 1 fully saturated rings. The Labute approximate surface area is 146 Å². The molecule has 1 heterocycles. The van der Waals surface area contributed by atoms with Crippen molar-refractivity contribution in [1.29, 1.82) is 5.26 Å². The molecule has 0 radical (unpaired) electrons. The molecular formula is C19H19ClFN3. The van der Waals surface area contributed by atoms with Gasteiger partial charge in [0.1, 0.15) is 11.9 Å². The maximum Gasteiger partial charge on any atom is 0.128 e. The van der Waals surface area contributed by atoms with Crippen LogP contribution in [0.25, 0.3) is 0 Å². The lowest BCUT2D eigenvalue weighted by molar-refractivity contribution is 0.407. The van der Waals surface area contributed by atoms with Gasteiger partial charge in [0.15, 0.2) is 0 Å². The van der Waals surface area contributed by atoms with Crippen LogP contribution in [0.1, 0.15) is 17.5 Å². The van der Waals surface area contributed by atoms with E-state index in [0.29, 0.717) is 28.7 Å². The molecule has 0 spiro atoms. The molecule has 1 saturated heterocycles. The number of halogens is 2. The predicted octanol–water partition coefficient (Wildman–Crippen LogP) is 4.06. The molecule has 1 aliphatic rings. The molecule has 3 rings (SSSR count). The lowest BCUT2D eigenvalue weighted by Crippen LogP contribution is -2.37. The lowest BCUT2D eigenvalue weighted by Gasteiger charge is -2.31. The minimum absolute atomic E-state index is 0.200. The van der Waals surface area contributed by atoms with Crippen LogP contribution in [-0.2, 0) is 6.54 Å². The molecule has 0 aliphatic carbocycles. The number of anilines is 1. The lowest BCUT2D eigenvalue weighted by atomic mass is 10.1. The number of nitriles is 1. The Hall–Kier alpha value is -2.09. The van der Waals surface area contributed by atoms with E-state index in [2.05, 4.69) is 22.9 Å². The summed E-state index contributed by atoms with van der Waals surface area (Å²) in [4.78, 5) is 4.46. The fraction of sp³-hybridized carbons (Fsp3) is 0.316. The van der Waals surface area contributed by atoms with Crippen LogP contribution in [0.4, 0.5) is 10.1 Å². The fourth-order valence-corrected chi connectivity index (χ4v) is 3.40. The van der Waals surface area contributed by atoms with E-state index in [9.17, 15) is 4.39 Å². The molecule has 5 heteroatoms. The number of likely N-dealkylation sites (tertiary alicyclic amines) is 1. The number of hydrogen-bond donors (Lipinski definition) is 0. The highest BCUT2D eigenvalue weighted by Gasteiger charge is 2.27. The van der Waals surface area contributed by atoms with Crippen LogP contribution in [-0.4, -0.2) is 31.1 Å². The summed E-state index contributed by atoms with van der Waals surface area (Å²) in [5.41, 5.74) is 2.03. The largest absolute Gasteiger partial charge is 0.363 e. The molecule has 0 amide bonds. The van der Waals surface area contributed by atoms with Crippen LogP contribution >= 0.6 is 11.6 Å². The highest BCUT2D eigenvalue weighted by Crippen LogP contribution is 2.29. The van der Waals surface area contributed by atoms with Crippen molar-refractivity contribution in [1.82, 2.24) is 4.90 Å². The molecule has 1 aliphatic heterocycles. The van der Waals surface area contributed by atoms with Crippen molar-refractivity contribution >= 4 is 17.3 Å². The van der Waals surface area contributed by atoms with Crippen molar-refractivity contribution < 1.29 is 4.39 Å². The van der Waals surface area contributed by atoms with Crippen molar-refractivity contribution in [3.8, 4) is 6.07 Å². The number of likely N-dealkylation sites (N-methyl/N-ethyl adjacent to an activating group) is 1. The minimum Gasteiger partial charge on any atom is -0.363 e. The topological polar surface area (TPSA) is 30.3 Å². The van der Waals surface area contributed by atoms with Gasteiger partial charge in [0.25, 0.3) is 0 Å². The molecular weight excluding hydrogens is 325 g/mol. The summed E-state index contributed by atoms with van der Waals surface area (Å²) in [6.45, 7) is 2.42. The van der Waals surface area contributed by atoms with Crippen molar-refractivity contribution in [2.24, 2.45) is 0 Å². The van der Waals surface area contributed by atoms with Crippen LogP contribution in [0.3, 0.4) is 0 Å². The molecule has 2 aromatic carbocycles. The van der Waals surface area contributed by atoms with Crippen LogP contribution in [0.5, 0.6) is 0 Å². The normalized spacial score (nSPS) is 17.7. The molecule has 24 heavy (non-hydrogen) atoms. The second kappa shape index (κ2) is 7.21. The first kappa shape index (κ1) is 16.8. The summed E-state index contributed by atoms with van der Waals surface area (Å²) in [5, 5.41) is 9.49. The maximum atomic E-state index is 14.1. The van der Waals surface area contributed by atoms with Crippen LogP contribution < -0.4 is 4.90 Å². The van der Waals surface area contributed by atoms with Gasteiger partial charge in [-0.25, -0.2) is 4.39 Å².